The number of benzene rings is 2. The summed E-state index contributed by atoms with van der Waals surface area (Å²) in [7, 11) is 0. The molecule has 0 N–H and O–H groups in total. The number of hydrogen-bond acceptors (Lipinski definition) is 0. The van der Waals surface area contributed by atoms with Crippen LogP contribution in [0.1, 0.15) is 31.9 Å². The molecule has 0 atom stereocenters. The second-order valence-corrected chi connectivity index (χ2v) is 5.31. The Morgan fingerprint density at radius 1 is 0.870 bits per heavy atom. The molecule has 2 aromatic rings. The fraction of sp³-hybridized carbons (Fsp3) is 0.130. The minimum absolute atomic E-state index is 1.14. The molecule has 116 valence electrons. The minimum Gasteiger partial charge on any atom is -0.0984 e. The second-order valence-electron chi connectivity index (χ2n) is 5.31. The van der Waals surface area contributed by atoms with Gasteiger partial charge in [-0.3, -0.25) is 0 Å². The zero-order chi connectivity index (χ0) is 16.7. The number of rotatable bonds is 5. The molecule has 0 fully saturated rings. The third kappa shape index (κ3) is 3.60. The van der Waals surface area contributed by atoms with Crippen LogP contribution in [0.15, 0.2) is 85.5 Å². The SMILES string of the molecule is C=C/C(=C\C=C/C)c1cccc2cccc(C(/C=C\C)=C/C)c12. The molecular formula is C23H24. The van der Waals surface area contributed by atoms with E-state index >= 15 is 0 Å². The standard InChI is InChI=1S/C23H24/c1-5-9-13-19(8-4)22-17-11-15-20-14-10-16-21(23(20)22)18(7-3)12-6-2/h5-17H,4H2,1-3H3/b9-5-,12-6-,18-7+,19-13+. The van der Waals surface area contributed by atoms with Gasteiger partial charge in [0.25, 0.3) is 0 Å². The third-order valence-electron chi connectivity index (χ3n) is 3.87. The molecule has 0 saturated carbocycles. The van der Waals surface area contributed by atoms with Crippen molar-refractivity contribution in [1.82, 2.24) is 0 Å². The molecule has 0 saturated heterocycles. The first-order chi connectivity index (χ1) is 11.3. The minimum atomic E-state index is 1.14. The van der Waals surface area contributed by atoms with Gasteiger partial charge < -0.3 is 0 Å². The molecule has 0 aliphatic rings. The van der Waals surface area contributed by atoms with E-state index in [-0.39, 0.29) is 0 Å². The normalized spacial score (nSPS) is 13.3. The first kappa shape index (κ1) is 16.8. The van der Waals surface area contributed by atoms with E-state index in [1.54, 1.807) is 0 Å². The van der Waals surface area contributed by atoms with Crippen molar-refractivity contribution in [1.29, 1.82) is 0 Å². The smallest absolute Gasteiger partial charge is 0.00269 e. The topological polar surface area (TPSA) is 0 Å². The van der Waals surface area contributed by atoms with E-state index < -0.39 is 0 Å². The van der Waals surface area contributed by atoms with Gasteiger partial charge >= 0.3 is 0 Å². The summed E-state index contributed by atoms with van der Waals surface area (Å²) in [5, 5.41) is 2.52. The summed E-state index contributed by atoms with van der Waals surface area (Å²) >= 11 is 0. The van der Waals surface area contributed by atoms with Gasteiger partial charge in [-0.2, -0.15) is 0 Å². The molecule has 0 nitrogen and oxygen atoms in total. The van der Waals surface area contributed by atoms with Crippen LogP contribution in [0.5, 0.6) is 0 Å². The van der Waals surface area contributed by atoms with Crippen LogP contribution in [0, 0.1) is 0 Å². The zero-order valence-electron chi connectivity index (χ0n) is 14.2. The van der Waals surface area contributed by atoms with Crippen molar-refractivity contribution >= 4 is 21.9 Å². The predicted molar refractivity (Wildman–Crippen MR) is 105 cm³/mol. The highest BCUT2D eigenvalue weighted by Gasteiger charge is 2.09. The van der Waals surface area contributed by atoms with E-state index in [0.29, 0.717) is 0 Å². The van der Waals surface area contributed by atoms with Gasteiger partial charge in [0.15, 0.2) is 0 Å². The average molecular weight is 300 g/mol. The van der Waals surface area contributed by atoms with Crippen LogP contribution in [0.2, 0.25) is 0 Å². The summed E-state index contributed by atoms with van der Waals surface area (Å²) < 4.78 is 0. The van der Waals surface area contributed by atoms with Crippen LogP contribution in [0.3, 0.4) is 0 Å². The Hall–Kier alpha value is -2.60. The van der Waals surface area contributed by atoms with Crippen LogP contribution < -0.4 is 0 Å². The maximum atomic E-state index is 4.00. The molecule has 0 aliphatic heterocycles. The summed E-state index contributed by atoms with van der Waals surface area (Å²) in [4.78, 5) is 0. The maximum Gasteiger partial charge on any atom is -0.00269 e. The summed E-state index contributed by atoms with van der Waals surface area (Å²) in [5.74, 6) is 0. The van der Waals surface area contributed by atoms with E-state index in [2.05, 4.69) is 87.2 Å². The van der Waals surface area contributed by atoms with Gasteiger partial charge in [-0.25, -0.2) is 0 Å². The van der Waals surface area contributed by atoms with Gasteiger partial charge in [0.2, 0.25) is 0 Å². The van der Waals surface area contributed by atoms with Crippen molar-refractivity contribution in [2.75, 3.05) is 0 Å². The molecule has 0 aromatic heterocycles. The predicted octanol–water partition coefficient (Wildman–Crippen LogP) is 6.96. The van der Waals surface area contributed by atoms with Crippen LogP contribution in [-0.2, 0) is 0 Å². The van der Waals surface area contributed by atoms with Crippen molar-refractivity contribution < 1.29 is 0 Å². The van der Waals surface area contributed by atoms with E-state index in [1.165, 1.54) is 27.5 Å². The van der Waals surface area contributed by atoms with E-state index in [0.717, 1.165) is 5.57 Å². The van der Waals surface area contributed by atoms with Crippen molar-refractivity contribution in [2.24, 2.45) is 0 Å². The Kier molecular flexibility index (Phi) is 5.94. The Balaban J connectivity index is 2.84. The molecular weight excluding hydrogens is 276 g/mol. The van der Waals surface area contributed by atoms with Gasteiger partial charge in [-0.1, -0.05) is 85.5 Å². The molecule has 2 rings (SSSR count). The summed E-state index contributed by atoms with van der Waals surface area (Å²) in [5.41, 5.74) is 4.85. The quantitative estimate of drug-likeness (QED) is 0.523. The van der Waals surface area contributed by atoms with Crippen molar-refractivity contribution in [3.8, 4) is 0 Å². The van der Waals surface area contributed by atoms with Crippen LogP contribution in [-0.4, -0.2) is 0 Å². The highest BCUT2D eigenvalue weighted by Crippen LogP contribution is 2.33. The Labute approximate surface area is 139 Å². The highest BCUT2D eigenvalue weighted by atomic mass is 14.1. The maximum absolute atomic E-state index is 4.00. The first-order valence-corrected chi connectivity index (χ1v) is 8.03. The lowest BCUT2D eigenvalue weighted by atomic mass is 9.91. The Morgan fingerprint density at radius 3 is 2.04 bits per heavy atom. The summed E-state index contributed by atoms with van der Waals surface area (Å²) in [6.45, 7) is 10.2. The first-order valence-electron chi connectivity index (χ1n) is 8.03. The molecule has 0 unspecified atom stereocenters. The van der Waals surface area contributed by atoms with Gasteiger partial charge in [0.05, 0.1) is 0 Å². The third-order valence-corrected chi connectivity index (χ3v) is 3.87. The fourth-order valence-corrected chi connectivity index (χ4v) is 2.81. The Bertz CT molecular complexity index is 806. The molecule has 0 heterocycles. The second kappa shape index (κ2) is 8.14. The number of hydrogen-bond donors (Lipinski definition) is 0. The van der Waals surface area contributed by atoms with Crippen LogP contribution in [0.25, 0.3) is 21.9 Å². The molecule has 0 amide bonds. The van der Waals surface area contributed by atoms with Gasteiger partial charge in [0.1, 0.15) is 0 Å². The lowest BCUT2D eigenvalue weighted by Gasteiger charge is -2.13. The molecule has 0 spiro atoms. The van der Waals surface area contributed by atoms with E-state index in [4.69, 9.17) is 0 Å². The number of allylic oxidation sites excluding steroid dienone is 9. The summed E-state index contributed by atoms with van der Waals surface area (Å²) in [6.07, 6.45) is 14.5. The highest BCUT2D eigenvalue weighted by molar-refractivity contribution is 6.04. The molecule has 2 aromatic carbocycles. The fourth-order valence-electron chi connectivity index (χ4n) is 2.81. The molecule has 0 bridgehead atoms. The number of fused-ring (bicyclic) bond motifs is 1. The van der Waals surface area contributed by atoms with Gasteiger partial charge in [-0.15, -0.1) is 0 Å². The average Bonchev–Trinajstić information content (AvgIpc) is 2.60. The monoisotopic (exact) mass is 300 g/mol. The lowest BCUT2D eigenvalue weighted by molar-refractivity contribution is 1.60. The van der Waals surface area contributed by atoms with E-state index in [9.17, 15) is 0 Å². The molecule has 0 radical (unpaired) electrons. The zero-order valence-corrected chi connectivity index (χ0v) is 14.2. The van der Waals surface area contributed by atoms with Crippen LogP contribution in [0.4, 0.5) is 0 Å². The largest absolute Gasteiger partial charge is 0.0984 e. The van der Waals surface area contributed by atoms with E-state index in [1.807, 2.05) is 19.1 Å². The Morgan fingerprint density at radius 2 is 1.52 bits per heavy atom. The molecule has 23 heavy (non-hydrogen) atoms. The summed E-state index contributed by atoms with van der Waals surface area (Å²) in [6, 6.07) is 12.9. The van der Waals surface area contributed by atoms with Gasteiger partial charge in [0, 0.05) is 0 Å². The van der Waals surface area contributed by atoms with Crippen molar-refractivity contribution in [3.05, 3.63) is 96.6 Å². The van der Waals surface area contributed by atoms with Crippen molar-refractivity contribution in [2.45, 2.75) is 20.8 Å². The van der Waals surface area contributed by atoms with Gasteiger partial charge in [-0.05, 0) is 53.8 Å². The lowest BCUT2D eigenvalue weighted by Crippen LogP contribution is -1.90. The molecule has 0 aliphatic carbocycles. The van der Waals surface area contributed by atoms with Crippen molar-refractivity contribution in [3.63, 3.8) is 0 Å². The van der Waals surface area contributed by atoms with Crippen LogP contribution >= 0.6 is 0 Å². The molecule has 0 heteroatoms.